The molecule has 0 bridgehead atoms. The minimum atomic E-state index is -4.36. The summed E-state index contributed by atoms with van der Waals surface area (Å²) >= 11 is 0. The van der Waals surface area contributed by atoms with Crippen molar-refractivity contribution in [1.82, 2.24) is 5.06 Å². The van der Waals surface area contributed by atoms with E-state index in [-0.39, 0.29) is 18.0 Å². The Balaban J connectivity index is 2.82. The molecular formula is C11H15NO5P-. The zero-order valence-electron chi connectivity index (χ0n) is 9.89. The summed E-state index contributed by atoms with van der Waals surface area (Å²) in [5, 5.41) is 11.3. The van der Waals surface area contributed by atoms with Crippen molar-refractivity contribution in [1.29, 1.82) is 0 Å². The van der Waals surface area contributed by atoms with Gasteiger partial charge in [0.1, 0.15) is 0 Å². The van der Waals surface area contributed by atoms with Crippen LogP contribution in [0.5, 0.6) is 0 Å². The van der Waals surface area contributed by atoms with Crippen molar-refractivity contribution in [3.63, 3.8) is 0 Å². The summed E-state index contributed by atoms with van der Waals surface area (Å²) < 4.78 is 11.4. The topological polar surface area (TPSA) is 101 Å². The second kappa shape index (κ2) is 6.11. The summed E-state index contributed by atoms with van der Waals surface area (Å²) in [4.78, 5) is 29.3. The molecule has 0 aliphatic rings. The molecule has 0 aliphatic heterocycles. The molecule has 0 saturated heterocycles. The molecule has 100 valence electrons. The third-order valence-corrected chi connectivity index (χ3v) is 3.92. The Morgan fingerprint density at radius 3 is 2.39 bits per heavy atom. The molecule has 1 rings (SSSR count). The number of rotatable bonds is 5. The normalized spacial score (nSPS) is 13.1. The molecule has 0 aliphatic carbocycles. The Labute approximate surface area is 105 Å². The number of carbonyl (C=O) groups excluding carboxylic acids is 1. The fourth-order valence-corrected chi connectivity index (χ4v) is 2.61. The molecule has 0 fully saturated rings. The van der Waals surface area contributed by atoms with E-state index in [1.807, 2.05) is 0 Å². The fraction of sp³-hybridized carbons (Fsp3) is 0.364. The first-order chi connectivity index (χ1) is 8.32. The predicted octanol–water partition coefficient (Wildman–Crippen LogP) is 1.64. The van der Waals surface area contributed by atoms with Gasteiger partial charge >= 0.3 is 7.60 Å². The van der Waals surface area contributed by atoms with E-state index in [1.54, 1.807) is 30.3 Å². The second-order valence-corrected chi connectivity index (χ2v) is 5.73. The van der Waals surface area contributed by atoms with Crippen molar-refractivity contribution < 1.29 is 19.1 Å². The van der Waals surface area contributed by atoms with Gasteiger partial charge in [-0.2, -0.15) is 0 Å². The molecule has 7 heteroatoms. The van der Waals surface area contributed by atoms with Gasteiger partial charge in [0, 0.05) is 13.5 Å². The lowest BCUT2D eigenvalue weighted by molar-refractivity contribution is -0.126. The van der Waals surface area contributed by atoms with Crippen LogP contribution in [0.4, 0.5) is 0 Å². The highest BCUT2D eigenvalue weighted by Crippen LogP contribution is 2.53. The van der Waals surface area contributed by atoms with Gasteiger partial charge < -0.3 is 20.1 Å². The van der Waals surface area contributed by atoms with Crippen LogP contribution < -0.4 is 0 Å². The van der Waals surface area contributed by atoms with Gasteiger partial charge in [0.2, 0.25) is 5.91 Å². The lowest BCUT2D eigenvalue weighted by atomic mass is 10.1. The van der Waals surface area contributed by atoms with E-state index >= 15 is 0 Å². The zero-order chi connectivity index (χ0) is 13.8. The van der Waals surface area contributed by atoms with Crippen LogP contribution in [-0.4, -0.2) is 27.3 Å². The number of benzene rings is 1. The number of hydroxylamine groups is 2. The summed E-state index contributed by atoms with van der Waals surface area (Å²) in [5.74, 6) is -0.674. The quantitative estimate of drug-likeness (QED) is 0.626. The smallest absolute Gasteiger partial charge is 0.333 e. The van der Waals surface area contributed by atoms with Crippen LogP contribution in [0.1, 0.15) is 24.6 Å². The third kappa shape index (κ3) is 4.23. The van der Waals surface area contributed by atoms with Gasteiger partial charge in [-0.15, -0.1) is 0 Å². The fourth-order valence-electron chi connectivity index (χ4n) is 1.60. The van der Waals surface area contributed by atoms with Gasteiger partial charge in [-0.25, -0.2) is 0 Å². The third-order valence-electron chi connectivity index (χ3n) is 2.55. The average Bonchev–Trinajstić information content (AvgIpc) is 2.28. The molecule has 1 amide bonds. The lowest BCUT2D eigenvalue weighted by Gasteiger charge is -2.29. The van der Waals surface area contributed by atoms with Crippen molar-refractivity contribution in [2.75, 3.05) is 6.54 Å². The maximum Gasteiger partial charge on any atom is 0.333 e. The highest BCUT2D eigenvalue weighted by Gasteiger charge is 2.29. The van der Waals surface area contributed by atoms with Crippen molar-refractivity contribution in [3.8, 4) is 0 Å². The van der Waals surface area contributed by atoms with Crippen molar-refractivity contribution in [2.24, 2.45) is 0 Å². The summed E-state index contributed by atoms with van der Waals surface area (Å²) in [6, 6.07) is 8.24. The van der Waals surface area contributed by atoms with E-state index in [4.69, 9.17) is 0 Å². The first kappa shape index (κ1) is 14.9. The Morgan fingerprint density at radius 2 is 1.94 bits per heavy atom. The van der Waals surface area contributed by atoms with Gasteiger partial charge in [-0.05, 0) is 12.0 Å². The summed E-state index contributed by atoms with van der Waals surface area (Å²) in [7, 11) is -4.36. The molecule has 1 aromatic rings. The molecule has 6 nitrogen and oxygen atoms in total. The molecule has 0 heterocycles. The Kier molecular flexibility index (Phi) is 5.04. The van der Waals surface area contributed by atoms with Crippen LogP contribution in [0.15, 0.2) is 30.3 Å². The Hall–Kier alpha value is -1.20. The first-order valence-corrected chi connectivity index (χ1v) is 7.06. The maximum atomic E-state index is 11.4. The van der Waals surface area contributed by atoms with Gasteiger partial charge in [0.15, 0.2) is 0 Å². The van der Waals surface area contributed by atoms with E-state index in [0.717, 1.165) is 6.92 Å². The van der Waals surface area contributed by atoms with Crippen LogP contribution >= 0.6 is 7.60 Å². The van der Waals surface area contributed by atoms with Crippen molar-refractivity contribution in [2.45, 2.75) is 19.0 Å². The van der Waals surface area contributed by atoms with E-state index in [0.29, 0.717) is 5.56 Å². The largest absolute Gasteiger partial charge is 0.756 e. The SMILES string of the molecule is CC(=O)N([O-])CCC(c1ccccc1)P(=O)(O)O. The standard InChI is InChI=1S/C11H15NO5P/c1-9(13)12(14)8-7-11(18(15,16)17)10-5-3-2-4-6-10/h2-6,11H,7-8H2,1H3,(H2,15,16,17)/q-1. The summed E-state index contributed by atoms with van der Waals surface area (Å²) in [6.07, 6.45) is -0.0721. The average molecular weight is 272 g/mol. The number of hydrogen-bond acceptors (Lipinski definition) is 3. The molecular weight excluding hydrogens is 257 g/mol. The second-order valence-electron chi connectivity index (χ2n) is 3.93. The predicted molar refractivity (Wildman–Crippen MR) is 66.6 cm³/mol. The molecule has 0 saturated carbocycles. The highest BCUT2D eigenvalue weighted by molar-refractivity contribution is 7.52. The van der Waals surface area contributed by atoms with Crippen LogP contribution in [0.2, 0.25) is 0 Å². The van der Waals surface area contributed by atoms with Gasteiger partial charge in [-0.3, -0.25) is 9.36 Å². The lowest BCUT2D eigenvalue weighted by Crippen LogP contribution is -2.24. The molecule has 18 heavy (non-hydrogen) atoms. The number of nitrogens with zero attached hydrogens (tertiary/aromatic N) is 1. The number of hydrogen-bond donors (Lipinski definition) is 2. The highest BCUT2D eigenvalue weighted by atomic mass is 31.2. The molecule has 0 aromatic heterocycles. The number of amides is 1. The molecule has 0 radical (unpaired) electrons. The molecule has 1 unspecified atom stereocenters. The van der Waals surface area contributed by atoms with Gasteiger partial charge in [0.25, 0.3) is 0 Å². The van der Waals surface area contributed by atoms with Crippen LogP contribution in [0.3, 0.4) is 0 Å². The minimum absolute atomic E-state index is 0.0721. The first-order valence-electron chi connectivity index (χ1n) is 5.37. The zero-order valence-corrected chi connectivity index (χ0v) is 10.8. The number of carbonyl (C=O) groups is 1. The van der Waals surface area contributed by atoms with E-state index in [1.165, 1.54) is 0 Å². The Morgan fingerprint density at radius 1 is 1.39 bits per heavy atom. The van der Waals surface area contributed by atoms with Crippen LogP contribution in [-0.2, 0) is 9.36 Å². The van der Waals surface area contributed by atoms with E-state index in [9.17, 15) is 24.4 Å². The van der Waals surface area contributed by atoms with Crippen LogP contribution in [0, 0.1) is 5.21 Å². The van der Waals surface area contributed by atoms with Crippen molar-refractivity contribution in [3.05, 3.63) is 41.1 Å². The summed E-state index contributed by atoms with van der Waals surface area (Å²) in [5.41, 5.74) is -0.600. The maximum absolute atomic E-state index is 11.4. The van der Waals surface area contributed by atoms with E-state index < -0.39 is 19.2 Å². The minimum Gasteiger partial charge on any atom is -0.756 e. The van der Waals surface area contributed by atoms with Gasteiger partial charge in [-0.1, -0.05) is 30.3 Å². The molecule has 1 aromatic carbocycles. The summed E-state index contributed by atoms with van der Waals surface area (Å²) in [6.45, 7) is 0.877. The molecule has 1 atom stereocenters. The van der Waals surface area contributed by atoms with E-state index in [2.05, 4.69) is 0 Å². The Bertz CT molecular complexity index is 444. The molecule has 0 spiro atoms. The van der Waals surface area contributed by atoms with Gasteiger partial charge in [0.05, 0.1) is 5.66 Å². The van der Waals surface area contributed by atoms with Crippen LogP contribution in [0.25, 0.3) is 0 Å². The van der Waals surface area contributed by atoms with Crippen molar-refractivity contribution >= 4 is 13.5 Å². The molecule has 2 N–H and O–H groups in total. The monoisotopic (exact) mass is 272 g/mol.